The number of allylic oxidation sites excluding steroid dienone is 4. The van der Waals surface area contributed by atoms with Crippen molar-refractivity contribution in [3.8, 4) is 0 Å². The normalized spacial score (nSPS) is 16.2. The maximum absolute atomic E-state index is 13.3. The molecule has 0 radical (unpaired) electrons. The van der Waals surface area contributed by atoms with Crippen LogP contribution >= 0.6 is 11.3 Å². The van der Waals surface area contributed by atoms with Crippen molar-refractivity contribution in [2.75, 3.05) is 23.8 Å². The molecule has 3 aromatic rings. The smallest absolute Gasteiger partial charge is 0.257 e. The van der Waals surface area contributed by atoms with Gasteiger partial charge in [0.25, 0.3) is 11.8 Å². The fourth-order valence-corrected chi connectivity index (χ4v) is 4.66. The Morgan fingerprint density at radius 2 is 2.06 bits per heavy atom. The second-order valence-electron chi connectivity index (χ2n) is 8.17. The zero-order valence-corrected chi connectivity index (χ0v) is 20.6. The molecule has 1 atom stereocenters. The van der Waals surface area contributed by atoms with Crippen LogP contribution in [0.4, 0.5) is 11.5 Å². The molecule has 35 heavy (non-hydrogen) atoms. The van der Waals surface area contributed by atoms with Gasteiger partial charge in [0, 0.05) is 34.0 Å². The van der Waals surface area contributed by atoms with Gasteiger partial charge in [0.05, 0.1) is 29.5 Å². The molecule has 1 unspecified atom stereocenters. The lowest BCUT2D eigenvalue weighted by Gasteiger charge is -2.17. The zero-order chi connectivity index (χ0) is 24.8. The zero-order valence-electron chi connectivity index (χ0n) is 19.8. The number of nitrogens with zero attached hydrogens (tertiary/aromatic N) is 1. The lowest BCUT2D eigenvalue weighted by molar-refractivity contribution is 0.0928. The minimum atomic E-state index is -0.272. The predicted molar refractivity (Wildman–Crippen MR) is 142 cm³/mol. The summed E-state index contributed by atoms with van der Waals surface area (Å²) in [4.78, 5) is 30.6. The van der Waals surface area contributed by atoms with E-state index < -0.39 is 0 Å². The quantitative estimate of drug-likeness (QED) is 0.363. The SMILES string of the molecule is C=C/C=C(Nc1ncc(C(=O)NC2CCOC2)cc1NC(=O)c1csc2ccccc12)\C(C)=C/C. The van der Waals surface area contributed by atoms with Gasteiger partial charge in [-0.25, -0.2) is 4.98 Å². The van der Waals surface area contributed by atoms with Gasteiger partial charge >= 0.3 is 0 Å². The largest absolute Gasteiger partial charge is 0.379 e. The van der Waals surface area contributed by atoms with Crippen molar-refractivity contribution in [2.45, 2.75) is 26.3 Å². The number of hydrogen-bond donors (Lipinski definition) is 3. The number of hydrogen-bond acceptors (Lipinski definition) is 6. The highest BCUT2D eigenvalue weighted by Gasteiger charge is 2.21. The van der Waals surface area contributed by atoms with Crippen LogP contribution in [-0.2, 0) is 4.74 Å². The van der Waals surface area contributed by atoms with Crippen LogP contribution in [0.1, 0.15) is 41.0 Å². The van der Waals surface area contributed by atoms with E-state index in [4.69, 9.17) is 4.74 Å². The molecule has 1 aliphatic rings. The first-order valence-electron chi connectivity index (χ1n) is 11.4. The van der Waals surface area contributed by atoms with Gasteiger partial charge in [-0.15, -0.1) is 11.3 Å². The Kier molecular flexibility index (Phi) is 7.74. The minimum Gasteiger partial charge on any atom is -0.379 e. The van der Waals surface area contributed by atoms with Crippen LogP contribution in [-0.4, -0.2) is 36.1 Å². The highest BCUT2D eigenvalue weighted by atomic mass is 32.1. The molecular formula is C27H28N4O3S. The van der Waals surface area contributed by atoms with Gasteiger partial charge in [0.15, 0.2) is 5.82 Å². The number of aromatic nitrogens is 1. The lowest BCUT2D eigenvalue weighted by Crippen LogP contribution is -2.35. The van der Waals surface area contributed by atoms with Gasteiger partial charge in [-0.3, -0.25) is 9.59 Å². The van der Waals surface area contributed by atoms with E-state index in [1.807, 2.05) is 55.6 Å². The first kappa shape index (κ1) is 24.4. The molecule has 1 aliphatic heterocycles. The third kappa shape index (κ3) is 5.67. The Morgan fingerprint density at radius 1 is 1.23 bits per heavy atom. The van der Waals surface area contributed by atoms with Crippen LogP contribution in [0.25, 0.3) is 10.1 Å². The molecule has 3 heterocycles. The number of fused-ring (bicyclic) bond motifs is 1. The topological polar surface area (TPSA) is 92.3 Å². The van der Waals surface area contributed by atoms with Gasteiger partial charge < -0.3 is 20.7 Å². The van der Waals surface area contributed by atoms with Crippen LogP contribution in [0, 0.1) is 0 Å². The second-order valence-corrected chi connectivity index (χ2v) is 9.08. The van der Waals surface area contributed by atoms with Crippen molar-refractivity contribution < 1.29 is 14.3 Å². The average molecular weight is 489 g/mol. The van der Waals surface area contributed by atoms with E-state index in [-0.39, 0.29) is 17.9 Å². The van der Waals surface area contributed by atoms with E-state index in [0.29, 0.717) is 35.8 Å². The van der Waals surface area contributed by atoms with Gasteiger partial charge in [-0.1, -0.05) is 36.9 Å². The molecule has 180 valence electrons. The number of pyridine rings is 1. The summed E-state index contributed by atoms with van der Waals surface area (Å²) >= 11 is 1.51. The number of thiophene rings is 1. The van der Waals surface area contributed by atoms with E-state index in [1.165, 1.54) is 17.5 Å². The van der Waals surface area contributed by atoms with Crippen LogP contribution in [0.5, 0.6) is 0 Å². The fraction of sp³-hybridized carbons (Fsp3) is 0.222. The molecular weight excluding hydrogens is 460 g/mol. The summed E-state index contributed by atoms with van der Waals surface area (Å²) in [6.07, 6.45) is 7.74. The summed E-state index contributed by atoms with van der Waals surface area (Å²) in [6, 6.07) is 9.37. The molecule has 0 spiro atoms. The first-order valence-corrected chi connectivity index (χ1v) is 12.3. The molecule has 8 heteroatoms. The van der Waals surface area contributed by atoms with E-state index in [1.54, 1.807) is 12.1 Å². The summed E-state index contributed by atoms with van der Waals surface area (Å²) in [6.45, 7) is 8.80. The standard InChI is InChI=1S/C27H28N4O3S/c1-4-8-22(17(3)5-2)30-25-23(13-18(14-28-25)26(32)29-19-11-12-34-15-19)31-27(33)21-16-35-24-10-7-6-9-20(21)24/h4-10,13-14,16,19H,1,11-12,15H2,2-3H3,(H,28,30)(H,29,32)(H,31,33)/b17-5-,22-8+. The summed E-state index contributed by atoms with van der Waals surface area (Å²) < 4.78 is 6.38. The number of amides is 2. The Balaban J connectivity index is 1.67. The number of carbonyl (C=O) groups excluding carboxylic acids is 2. The van der Waals surface area contributed by atoms with E-state index in [2.05, 4.69) is 27.5 Å². The van der Waals surface area contributed by atoms with Gasteiger partial charge in [0.1, 0.15) is 0 Å². The van der Waals surface area contributed by atoms with Crippen LogP contribution < -0.4 is 16.0 Å². The molecule has 4 rings (SSSR count). The van der Waals surface area contributed by atoms with Crippen molar-refractivity contribution in [3.05, 3.63) is 89.1 Å². The Hall–Kier alpha value is -3.75. The van der Waals surface area contributed by atoms with Gasteiger partial charge in [-0.05, 0) is 44.1 Å². The van der Waals surface area contributed by atoms with Crippen molar-refractivity contribution in [1.82, 2.24) is 10.3 Å². The molecule has 3 N–H and O–H groups in total. The van der Waals surface area contributed by atoms with E-state index in [0.717, 1.165) is 27.8 Å². The van der Waals surface area contributed by atoms with E-state index in [9.17, 15) is 9.59 Å². The fourth-order valence-electron chi connectivity index (χ4n) is 3.72. The molecule has 1 fully saturated rings. The second kappa shape index (κ2) is 11.1. The summed E-state index contributed by atoms with van der Waals surface area (Å²) in [5.74, 6) is -0.110. The third-order valence-electron chi connectivity index (χ3n) is 5.78. The molecule has 0 aliphatic carbocycles. The highest BCUT2D eigenvalue weighted by Crippen LogP contribution is 2.29. The maximum Gasteiger partial charge on any atom is 0.257 e. The lowest BCUT2D eigenvalue weighted by atomic mass is 10.1. The molecule has 7 nitrogen and oxygen atoms in total. The number of ether oxygens (including phenoxy) is 1. The summed E-state index contributed by atoms with van der Waals surface area (Å²) in [7, 11) is 0. The molecule has 0 saturated carbocycles. The van der Waals surface area contributed by atoms with Crippen molar-refractivity contribution >= 4 is 44.7 Å². The number of nitrogens with one attached hydrogen (secondary N) is 3. The van der Waals surface area contributed by atoms with Gasteiger partial charge in [-0.2, -0.15) is 0 Å². The summed E-state index contributed by atoms with van der Waals surface area (Å²) in [5.41, 5.74) is 3.09. The van der Waals surface area contributed by atoms with Crippen LogP contribution in [0.3, 0.4) is 0 Å². The van der Waals surface area contributed by atoms with Crippen molar-refractivity contribution in [3.63, 3.8) is 0 Å². The third-order valence-corrected chi connectivity index (χ3v) is 6.75. The monoisotopic (exact) mass is 488 g/mol. The van der Waals surface area contributed by atoms with E-state index >= 15 is 0 Å². The maximum atomic E-state index is 13.3. The predicted octanol–water partition coefficient (Wildman–Crippen LogP) is 5.52. The molecule has 2 aromatic heterocycles. The van der Waals surface area contributed by atoms with Crippen LogP contribution in [0.15, 0.2) is 78.0 Å². The van der Waals surface area contributed by atoms with Crippen molar-refractivity contribution in [2.24, 2.45) is 0 Å². The molecule has 1 aromatic carbocycles. The Morgan fingerprint density at radius 3 is 2.80 bits per heavy atom. The minimum absolute atomic E-state index is 0.0324. The van der Waals surface area contributed by atoms with Crippen molar-refractivity contribution in [1.29, 1.82) is 0 Å². The average Bonchev–Trinajstić information content (AvgIpc) is 3.54. The number of carbonyl (C=O) groups is 2. The molecule has 0 bridgehead atoms. The number of anilines is 2. The number of benzene rings is 1. The van der Waals surface area contributed by atoms with Gasteiger partial charge in [0.2, 0.25) is 0 Å². The Labute approximate surface area is 208 Å². The Bertz CT molecular complexity index is 1320. The van der Waals surface area contributed by atoms with Crippen LogP contribution in [0.2, 0.25) is 0 Å². The molecule has 1 saturated heterocycles. The highest BCUT2D eigenvalue weighted by molar-refractivity contribution is 7.17. The summed E-state index contributed by atoms with van der Waals surface area (Å²) in [5, 5.41) is 11.9. The number of rotatable bonds is 8. The first-order chi connectivity index (χ1) is 17.0. The molecule has 2 amide bonds.